The molecule has 0 atom stereocenters. The number of carbonyl (C=O) groups is 1. The highest BCUT2D eigenvalue weighted by atomic mass is 79.9. The van der Waals surface area contributed by atoms with E-state index in [-0.39, 0.29) is 5.91 Å². The molecule has 0 spiro atoms. The molecule has 0 aliphatic heterocycles. The molecular weight excluding hydrogens is 366 g/mol. The Kier molecular flexibility index (Phi) is 5.91. The number of hydrogen-bond acceptors (Lipinski definition) is 2. The minimum absolute atomic E-state index is 0.0354. The Balaban J connectivity index is 1.66. The van der Waals surface area contributed by atoms with Crippen molar-refractivity contribution in [2.24, 2.45) is 0 Å². The van der Waals surface area contributed by atoms with Crippen molar-refractivity contribution in [2.75, 3.05) is 0 Å². The van der Waals surface area contributed by atoms with E-state index in [9.17, 15) is 4.79 Å². The third kappa shape index (κ3) is 4.60. The van der Waals surface area contributed by atoms with E-state index >= 15 is 0 Å². The topological polar surface area (TPSA) is 38.3 Å². The molecule has 1 saturated carbocycles. The number of para-hydroxylation sites is 1. The molecule has 1 amide bonds. The van der Waals surface area contributed by atoms with Crippen LogP contribution in [0.4, 0.5) is 0 Å². The van der Waals surface area contributed by atoms with Crippen LogP contribution in [-0.4, -0.2) is 11.9 Å². The highest BCUT2D eigenvalue weighted by Gasteiger charge is 2.19. The van der Waals surface area contributed by atoms with Gasteiger partial charge >= 0.3 is 0 Å². The van der Waals surface area contributed by atoms with Crippen molar-refractivity contribution in [3.8, 4) is 5.75 Å². The molecule has 1 aliphatic carbocycles. The monoisotopic (exact) mass is 387 g/mol. The maximum Gasteiger partial charge on any atom is 0.255 e. The highest BCUT2D eigenvalue weighted by molar-refractivity contribution is 9.10. The van der Waals surface area contributed by atoms with Gasteiger partial charge in [0.1, 0.15) is 12.4 Å². The first-order valence-electron chi connectivity index (χ1n) is 8.49. The van der Waals surface area contributed by atoms with E-state index in [1.807, 2.05) is 48.5 Å². The molecule has 1 aliphatic rings. The van der Waals surface area contributed by atoms with Gasteiger partial charge in [0.25, 0.3) is 5.91 Å². The van der Waals surface area contributed by atoms with Crippen LogP contribution in [0.1, 0.15) is 48.0 Å². The lowest BCUT2D eigenvalue weighted by molar-refractivity contribution is 0.0923. The normalized spacial score (nSPS) is 15.0. The maximum atomic E-state index is 12.6. The second-order valence-electron chi connectivity index (χ2n) is 6.22. The van der Waals surface area contributed by atoms with Crippen LogP contribution in [0, 0.1) is 0 Å². The third-order valence-electron chi connectivity index (χ3n) is 4.36. The van der Waals surface area contributed by atoms with Crippen LogP contribution >= 0.6 is 15.9 Å². The Morgan fingerprint density at radius 2 is 1.88 bits per heavy atom. The molecule has 0 radical (unpaired) electrons. The van der Waals surface area contributed by atoms with E-state index in [0.29, 0.717) is 24.0 Å². The molecule has 126 valence electrons. The van der Waals surface area contributed by atoms with Crippen LogP contribution in [0.2, 0.25) is 0 Å². The zero-order valence-electron chi connectivity index (χ0n) is 13.6. The molecule has 3 rings (SSSR count). The standard InChI is InChI=1S/C20H22BrNO2/c21-16-8-6-7-15(13-16)14-24-19-12-5-4-11-18(19)20(23)22-17-9-2-1-3-10-17/h4-8,11-13,17H,1-3,9-10,14H2,(H,22,23). The summed E-state index contributed by atoms with van der Waals surface area (Å²) in [7, 11) is 0. The van der Waals surface area contributed by atoms with Gasteiger partial charge < -0.3 is 10.1 Å². The number of amides is 1. The van der Waals surface area contributed by atoms with Crippen molar-refractivity contribution in [2.45, 2.75) is 44.8 Å². The van der Waals surface area contributed by atoms with Gasteiger partial charge in [-0.1, -0.05) is 59.5 Å². The van der Waals surface area contributed by atoms with Gasteiger partial charge in [-0.2, -0.15) is 0 Å². The van der Waals surface area contributed by atoms with Crippen LogP contribution < -0.4 is 10.1 Å². The summed E-state index contributed by atoms with van der Waals surface area (Å²) in [6.45, 7) is 0.438. The van der Waals surface area contributed by atoms with Gasteiger partial charge in [0.05, 0.1) is 5.56 Å². The number of halogens is 1. The highest BCUT2D eigenvalue weighted by Crippen LogP contribution is 2.22. The SMILES string of the molecule is O=C(NC1CCCCC1)c1ccccc1OCc1cccc(Br)c1. The molecule has 0 bridgehead atoms. The van der Waals surface area contributed by atoms with E-state index in [1.165, 1.54) is 19.3 Å². The van der Waals surface area contributed by atoms with Gasteiger partial charge in [-0.25, -0.2) is 0 Å². The smallest absolute Gasteiger partial charge is 0.255 e. The van der Waals surface area contributed by atoms with Gasteiger partial charge in [-0.3, -0.25) is 4.79 Å². The molecule has 0 saturated heterocycles. The van der Waals surface area contributed by atoms with Crippen molar-refractivity contribution in [3.63, 3.8) is 0 Å². The summed E-state index contributed by atoms with van der Waals surface area (Å²) in [5.41, 5.74) is 1.67. The van der Waals surface area contributed by atoms with Crippen molar-refractivity contribution in [3.05, 3.63) is 64.1 Å². The van der Waals surface area contributed by atoms with Crippen molar-refractivity contribution in [1.29, 1.82) is 0 Å². The number of ether oxygens (including phenoxy) is 1. The molecule has 2 aromatic carbocycles. The van der Waals surface area contributed by atoms with Crippen LogP contribution in [0.25, 0.3) is 0 Å². The predicted molar refractivity (Wildman–Crippen MR) is 99.3 cm³/mol. The lowest BCUT2D eigenvalue weighted by atomic mass is 9.95. The molecule has 3 nitrogen and oxygen atoms in total. The van der Waals surface area contributed by atoms with Crippen LogP contribution in [0.15, 0.2) is 53.0 Å². The zero-order chi connectivity index (χ0) is 16.8. The summed E-state index contributed by atoms with van der Waals surface area (Å²) in [6, 6.07) is 15.7. The Bertz CT molecular complexity index is 696. The fourth-order valence-corrected chi connectivity index (χ4v) is 3.52. The summed E-state index contributed by atoms with van der Waals surface area (Å²) in [4.78, 5) is 12.6. The van der Waals surface area contributed by atoms with Crippen LogP contribution in [0.3, 0.4) is 0 Å². The second kappa shape index (κ2) is 8.34. The largest absolute Gasteiger partial charge is 0.488 e. The lowest BCUT2D eigenvalue weighted by Crippen LogP contribution is -2.36. The van der Waals surface area contributed by atoms with E-state index < -0.39 is 0 Å². The summed E-state index contributed by atoms with van der Waals surface area (Å²) < 4.78 is 6.93. The van der Waals surface area contributed by atoms with Gasteiger partial charge in [0, 0.05) is 10.5 Å². The molecule has 1 fully saturated rings. The van der Waals surface area contributed by atoms with E-state index in [2.05, 4.69) is 21.2 Å². The number of rotatable bonds is 5. The number of carbonyl (C=O) groups excluding carboxylic acids is 1. The van der Waals surface area contributed by atoms with E-state index in [0.717, 1.165) is 22.9 Å². The van der Waals surface area contributed by atoms with E-state index in [1.54, 1.807) is 0 Å². The molecule has 4 heteroatoms. The van der Waals surface area contributed by atoms with Crippen molar-refractivity contribution >= 4 is 21.8 Å². The summed E-state index contributed by atoms with van der Waals surface area (Å²) >= 11 is 3.46. The van der Waals surface area contributed by atoms with Crippen molar-refractivity contribution in [1.82, 2.24) is 5.32 Å². The fourth-order valence-electron chi connectivity index (χ4n) is 3.08. The molecule has 0 heterocycles. The average molecular weight is 388 g/mol. The number of benzene rings is 2. The summed E-state index contributed by atoms with van der Waals surface area (Å²) in [6.07, 6.45) is 5.83. The first-order chi connectivity index (χ1) is 11.7. The number of nitrogens with one attached hydrogen (secondary N) is 1. The minimum atomic E-state index is -0.0354. The van der Waals surface area contributed by atoms with E-state index in [4.69, 9.17) is 4.74 Å². The number of hydrogen-bond donors (Lipinski definition) is 1. The molecule has 0 unspecified atom stereocenters. The molecule has 24 heavy (non-hydrogen) atoms. The predicted octanol–water partition coefficient (Wildman–Crippen LogP) is 5.09. The quantitative estimate of drug-likeness (QED) is 0.775. The molecule has 2 aromatic rings. The van der Waals surface area contributed by atoms with Gasteiger partial charge in [-0.05, 0) is 42.7 Å². The van der Waals surface area contributed by atoms with Crippen LogP contribution in [-0.2, 0) is 6.61 Å². The molecule has 0 aromatic heterocycles. The van der Waals surface area contributed by atoms with Gasteiger partial charge in [0.15, 0.2) is 0 Å². The Morgan fingerprint density at radius 1 is 1.08 bits per heavy atom. The second-order valence-corrected chi connectivity index (χ2v) is 7.14. The maximum absolute atomic E-state index is 12.6. The fraction of sp³-hybridized carbons (Fsp3) is 0.350. The minimum Gasteiger partial charge on any atom is -0.488 e. The Morgan fingerprint density at radius 3 is 2.67 bits per heavy atom. The Labute approximate surface area is 151 Å². The summed E-state index contributed by atoms with van der Waals surface area (Å²) in [5.74, 6) is 0.595. The molecule has 1 N–H and O–H groups in total. The van der Waals surface area contributed by atoms with Crippen molar-refractivity contribution < 1.29 is 9.53 Å². The lowest BCUT2D eigenvalue weighted by Gasteiger charge is -2.23. The third-order valence-corrected chi connectivity index (χ3v) is 4.85. The van der Waals surface area contributed by atoms with Gasteiger partial charge in [0.2, 0.25) is 0 Å². The summed E-state index contributed by atoms with van der Waals surface area (Å²) in [5, 5.41) is 3.16. The zero-order valence-corrected chi connectivity index (χ0v) is 15.2. The van der Waals surface area contributed by atoms with Gasteiger partial charge in [-0.15, -0.1) is 0 Å². The first kappa shape index (κ1) is 17.0. The average Bonchev–Trinajstić information content (AvgIpc) is 2.61. The first-order valence-corrected chi connectivity index (χ1v) is 9.29. The van der Waals surface area contributed by atoms with Crippen LogP contribution in [0.5, 0.6) is 5.75 Å². The molecular formula is C20H22BrNO2. The Hall–Kier alpha value is -1.81.